The molecule has 166 valence electrons. The monoisotopic (exact) mass is 461 g/mol. The van der Waals surface area contributed by atoms with Crippen molar-refractivity contribution in [1.29, 1.82) is 5.26 Å². The number of anilines is 1. The lowest BCUT2D eigenvalue weighted by molar-refractivity contribution is -0.143. The fraction of sp³-hybridized carbons (Fsp3) is 0.381. The predicted octanol–water partition coefficient (Wildman–Crippen LogP) is 6.63. The summed E-state index contributed by atoms with van der Waals surface area (Å²) in [6.07, 6.45) is -6.74. The molecule has 0 bridgehead atoms. The third-order valence-corrected chi connectivity index (χ3v) is 5.47. The van der Waals surface area contributed by atoms with Crippen molar-refractivity contribution in [3.05, 3.63) is 63.7 Å². The van der Waals surface area contributed by atoms with E-state index in [9.17, 15) is 31.6 Å². The van der Waals surface area contributed by atoms with E-state index in [2.05, 4.69) is 0 Å². The number of hydrogen-bond acceptors (Lipinski definition) is 3. The Hall–Kier alpha value is -2.60. The van der Waals surface area contributed by atoms with E-state index in [-0.39, 0.29) is 18.2 Å². The summed E-state index contributed by atoms with van der Waals surface area (Å²) in [4.78, 5) is 3.18. The highest BCUT2D eigenvalue weighted by molar-refractivity contribution is 6.30. The van der Waals surface area contributed by atoms with E-state index < -0.39 is 29.5 Å². The van der Waals surface area contributed by atoms with Crippen LogP contribution in [-0.2, 0) is 18.9 Å². The highest BCUT2D eigenvalue weighted by atomic mass is 35.5. The fourth-order valence-electron chi connectivity index (χ4n) is 3.77. The van der Waals surface area contributed by atoms with Crippen LogP contribution in [0.2, 0.25) is 5.02 Å². The number of nitriles is 1. The van der Waals surface area contributed by atoms with Crippen molar-refractivity contribution < 1.29 is 26.3 Å². The molecule has 3 nitrogen and oxygen atoms in total. The Bertz CT molecular complexity index is 964. The maximum atomic E-state index is 13.2. The Morgan fingerprint density at radius 3 is 2.23 bits per heavy atom. The smallest absolute Gasteiger partial charge is 0.374 e. The van der Waals surface area contributed by atoms with Crippen molar-refractivity contribution in [2.45, 2.75) is 37.8 Å². The summed E-state index contributed by atoms with van der Waals surface area (Å²) in [5, 5.41) is 10.2. The molecule has 2 aromatic carbocycles. The second-order valence-electron chi connectivity index (χ2n) is 7.42. The van der Waals surface area contributed by atoms with Crippen LogP contribution in [0.5, 0.6) is 0 Å². The van der Waals surface area contributed by atoms with E-state index in [1.807, 2.05) is 18.1 Å². The second-order valence-corrected chi connectivity index (χ2v) is 7.86. The quantitative estimate of drug-likeness (QED) is 0.292. The third kappa shape index (κ3) is 5.18. The van der Waals surface area contributed by atoms with Crippen LogP contribution in [0.15, 0.2) is 36.4 Å². The number of rotatable bonds is 3. The maximum Gasteiger partial charge on any atom is 0.416 e. The van der Waals surface area contributed by atoms with Gasteiger partial charge in [0.05, 0.1) is 23.7 Å². The average Bonchev–Trinajstić information content (AvgIpc) is 2.83. The van der Waals surface area contributed by atoms with Crippen LogP contribution in [-0.4, -0.2) is 18.5 Å². The van der Waals surface area contributed by atoms with Crippen molar-refractivity contribution in [2.24, 2.45) is 0 Å². The third-order valence-electron chi connectivity index (χ3n) is 5.24. The van der Waals surface area contributed by atoms with Crippen molar-refractivity contribution in [2.75, 3.05) is 18.5 Å². The Balaban J connectivity index is 2.02. The van der Waals surface area contributed by atoms with Crippen LogP contribution in [0.1, 0.15) is 41.1 Å². The number of fused-ring (bicyclic) bond motifs is 1. The molecule has 0 fully saturated rings. The van der Waals surface area contributed by atoms with Crippen LogP contribution < -0.4 is 4.90 Å². The molecule has 1 aliphatic heterocycles. The molecule has 0 saturated carbocycles. The van der Waals surface area contributed by atoms with Gasteiger partial charge < -0.3 is 4.90 Å². The van der Waals surface area contributed by atoms with Gasteiger partial charge in [-0.3, -0.25) is 4.90 Å². The molecule has 0 spiro atoms. The van der Waals surface area contributed by atoms with Crippen LogP contribution in [0.4, 0.5) is 32.0 Å². The van der Waals surface area contributed by atoms with Crippen molar-refractivity contribution in [1.82, 2.24) is 4.90 Å². The van der Waals surface area contributed by atoms with Crippen LogP contribution in [0.25, 0.3) is 0 Å². The molecule has 0 aromatic heterocycles. The Morgan fingerprint density at radius 1 is 1.06 bits per heavy atom. The van der Waals surface area contributed by atoms with Gasteiger partial charge in [0.15, 0.2) is 6.19 Å². The lowest BCUT2D eigenvalue weighted by Gasteiger charge is -2.29. The molecule has 1 heterocycles. The van der Waals surface area contributed by atoms with Crippen LogP contribution in [0, 0.1) is 11.5 Å². The van der Waals surface area contributed by atoms with Crippen LogP contribution in [0.3, 0.4) is 0 Å². The predicted molar refractivity (Wildman–Crippen MR) is 104 cm³/mol. The highest BCUT2D eigenvalue weighted by Gasteiger charge is 2.37. The van der Waals surface area contributed by atoms with Crippen molar-refractivity contribution in [3.8, 4) is 6.19 Å². The van der Waals surface area contributed by atoms with E-state index in [4.69, 9.17) is 11.6 Å². The molecular formula is C21H18ClF6N3. The first kappa shape index (κ1) is 23.1. The summed E-state index contributed by atoms with van der Waals surface area (Å²) in [5.74, 6) is 0. The van der Waals surface area contributed by atoms with Crippen molar-refractivity contribution in [3.63, 3.8) is 0 Å². The zero-order valence-electron chi connectivity index (χ0n) is 16.4. The summed E-state index contributed by atoms with van der Waals surface area (Å²) in [6, 6.07) is 6.01. The first-order valence-corrected chi connectivity index (χ1v) is 9.73. The van der Waals surface area contributed by atoms with E-state index in [0.29, 0.717) is 36.5 Å². The molecular weight excluding hydrogens is 444 g/mol. The van der Waals surface area contributed by atoms with Gasteiger partial charge in [0.25, 0.3) is 0 Å². The van der Waals surface area contributed by atoms with E-state index >= 15 is 0 Å². The summed E-state index contributed by atoms with van der Waals surface area (Å²) >= 11 is 6.09. The zero-order valence-corrected chi connectivity index (χ0v) is 17.1. The maximum absolute atomic E-state index is 13.2. The molecule has 0 saturated heterocycles. The Labute approximate surface area is 180 Å². The SMILES string of the molecule is CN1CCCC(N(C#N)Cc2cc(C(F)(F)F)cc(C(F)(F)F)c2)c2ccc(Cl)cc21. The van der Waals surface area contributed by atoms with Gasteiger partial charge in [-0.15, -0.1) is 0 Å². The summed E-state index contributed by atoms with van der Waals surface area (Å²) in [5.41, 5.74) is -1.52. The van der Waals surface area contributed by atoms with E-state index in [0.717, 1.165) is 11.3 Å². The molecule has 2 aromatic rings. The largest absolute Gasteiger partial charge is 0.416 e. The number of nitrogens with zero attached hydrogens (tertiary/aromatic N) is 3. The summed E-state index contributed by atoms with van der Waals surface area (Å²) in [7, 11) is 1.86. The van der Waals surface area contributed by atoms with Gasteiger partial charge in [0.2, 0.25) is 0 Å². The number of alkyl halides is 6. The lowest BCUT2D eigenvalue weighted by Crippen LogP contribution is -2.24. The molecule has 31 heavy (non-hydrogen) atoms. The molecule has 0 aliphatic carbocycles. The Kier molecular flexibility index (Phi) is 6.33. The molecule has 3 rings (SSSR count). The van der Waals surface area contributed by atoms with Gasteiger partial charge in [0, 0.05) is 24.3 Å². The number of hydrogen-bond donors (Lipinski definition) is 0. The van der Waals surface area contributed by atoms with Crippen molar-refractivity contribution >= 4 is 17.3 Å². The van der Waals surface area contributed by atoms with Gasteiger partial charge in [-0.1, -0.05) is 17.7 Å². The molecule has 10 heteroatoms. The molecule has 0 N–H and O–H groups in total. The Morgan fingerprint density at radius 2 is 1.68 bits per heavy atom. The second kappa shape index (κ2) is 8.50. The van der Waals surface area contributed by atoms with Gasteiger partial charge in [-0.2, -0.15) is 31.6 Å². The summed E-state index contributed by atoms with van der Waals surface area (Å²) < 4.78 is 79.1. The topological polar surface area (TPSA) is 30.3 Å². The molecule has 1 atom stereocenters. The van der Waals surface area contributed by atoms with E-state index in [1.165, 1.54) is 4.90 Å². The molecule has 1 unspecified atom stereocenters. The molecule has 0 amide bonds. The summed E-state index contributed by atoms with van der Waals surface area (Å²) in [6.45, 7) is 0.283. The van der Waals surface area contributed by atoms with Crippen LogP contribution >= 0.6 is 11.6 Å². The minimum absolute atomic E-state index is 0.0815. The normalized spacial score (nSPS) is 17.0. The van der Waals surface area contributed by atoms with Gasteiger partial charge in [-0.25, -0.2) is 0 Å². The standard InChI is InChI=1S/C21H18ClF6N3/c1-30-6-2-3-18(17-5-4-16(22)10-19(17)30)31(12-29)11-13-7-14(20(23,24)25)9-15(8-13)21(26,27)28/h4-5,7-10,18H,2-3,6,11H2,1H3. The highest BCUT2D eigenvalue weighted by Crippen LogP contribution is 2.40. The van der Waals surface area contributed by atoms with Gasteiger partial charge >= 0.3 is 12.4 Å². The average molecular weight is 462 g/mol. The first-order valence-electron chi connectivity index (χ1n) is 9.35. The number of benzene rings is 2. The molecule has 1 aliphatic rings. The van der Waals surface area contributed by atoms with Gasteiger partial charge in [0.1, 0.15) is 0 Å². The first-order chi connectivity index (χ1) is 14.4. The van der Waals surface area contributed by atoms with Gasteiger partial charge in [-0.05, 0) is 54.3 Å². The minimum atomic E-state index is -4.94. The lowest BCUT2D eigenvalue weighted by atomic mass is 9.98. The zero-order chi connectivity index (χ0) is 23.0. The van der Waals surface area contributed by atoms with E-state index in [1.54, 1.807) is 18.2 Å². The minimum Gasteiger partial charge on any atom is -0.374 e. The fourth-order valence-corrected chi connectivity index (χ4v) is 3.94. The number of halogens is 7. The molecule has 0 radical (unpaired) electrons.